The molecule has 3 heterocycles. The summed E-state index contributed by atoms with van der Waals surface area (Å²) in [6, 6.07) is 11.0. The van der Waals surface area contributed by atoms with E-state index in [1.54, 1.807) is 30.5 Å². The van der Waals surface area contributed by atoms with E-state index in [-0.39, 0.29) is 12.5 Å². The molecule has 0 spiro atoms. The van der Waals surface area contributed by atoms with Crippen LogP contribution in [0.4, 0.5) is 5.82 Å². The molecular weight excluding hydrogens is 356 g/mol. The number of rotatable bonds is 6. The lowest BCUT2D eigenvalue weighted by atomic mass is 10.1. The van der Waals surface area contributed by atoms with E-state index in [4.69, 9.17) is 4.74 Å². The summed E-state index contributed by atoms with van der Waals surface area (Å²) in [6.07, 6.45) is 4.80. The molecule has 1 amide bonds. The number of aromatic nitrogens is 2. The molecule has 1 fully saturated rings. The second kappa shape index (κ2) is 7.82. The normalized spacial score (nSPS) is 17.0. The molecular formula is C21H22N4O3. The topological polar surface area (TPSA) is 87.3 Å². The molecule has 7 heteroatoms. The van der Waals surface area contributed by atoms with E-state index in [0.29, 0.717) is 29.5 Å². The number of aromatic amines is 1. The molecule has 0 saturated carbocycles. The average Bonchev–Trinajstić information content (AvgIpc) is 3.32. The Balaban J connectivity index is 1.48. The molecule has 1 atom stereocenters. The predicted octanol–water partition coefficient (Wildman–Crippen LogP) is 3.16. The van der Waals surface area contributed by atoms with Crippen LogP contribution in [-0.2, 0) is 4.79 Å². The van der Waals surface area contributed by atoms with Gasteiger partial charge in [-0.15, -0.1) is 0 Å². The predicted molar refractivity (Wildman–Crippen MR) is 107 cm³/mol. The van der Waals surface area contributed by atoms with Crippen molar-refractivity contribution in [2.45, 2.75) is 18.9 Å². The van der Waals surface area contributed by atoms with Gasteiger partial charge >= 0.3 is 0 Å². The van der Waals surface area contributed by atoms with Gasteiger partial charge in [-0.1, -0.05) is 0 Å². The van der Waals surface area contributed by atoms with E-state index in [1.165, 1.54) is 12.1 Å². The minimum atomic E-state index is -0.254. The minimum Gasteiger partial charge on any atom is -0.486 e. The highest BCUT2D eigenvalue weighted by molar-refractivity contribution is 6.04. The molecule has 1 saturated heterocycles. The Bertz CT molecular complexity index is 997. The van der Waals surface area contributed by atoms with Gasteiger partial charge in [0.25, 0.3) is 5.91 Å². The van der Waals surface area contributed by atoms with E-state index in [0.717, 1.165) is 23.9 Å². The fourth-order valence-corrected chi connectivity index (χ4v) is 3.62. The first kappa shape index (κ1) is 18.2. The highest BCUT2D eigenvalue weighted by Crippen LogP contribution is 2.32. The molecule has 1 aromatic carbocycles. The number of carbonyl (C=O) groups excluding carboxylic acids is 2. The number of nitrogens with one attached hydrogen (secondary N) is 2. The maximum absolute atomic E-state index is 12.5. The van der Waals surface area contributed by atoms with Crippen molar-refractivity contribution < 1.29 is 14.3 Å². The van der Waals surface area contributed by atoms with Crippen LogP contribution in [0.15, 0.2) is 42.6 Å². The Morgan fingerprint density at radius 2 is 2.18 bits per heavy atom. The third-order valence-corrected chi connectivity index (χ3v) is 5.08. The van der Waals surface area contributed by atoms with Gasteiger partial charge in [0.1, 0.15) is 18.2 Å². The highest BCUT2D eigenvalue weighted by Gasteiger charge is 2.24. The van der Waals surface area contributed by atoms with Crippen LogP contribution in [0.25, 0.3) is 10.9 Å². The molecule has 0 bridgehead atoms. The molecule has 2 aromatic heterocycles. The molecule has 0 aliphatic carbocycles. The minimum absolute atomic E-state index is 0.00966. The van der Waals surface area contributed by atoms with Gasteiger partial charge in [-0.05, 0) is 56.8 Å². The second-order valence-electron chi connectivity index (χ2n) is 6.98. The number of anilines is 1. The van der Waals surface area contributed by atoms with E-state index in [2.05, 4.69) is 33.3 Å². The van der Waals surface area contributed by atoms with Crippen molar-refractivity contribution in [3.63, 3.8) is 0 Å². The SMILES string of the molecule is CN1CCC[C@@H]1c1cc2cnc(NC(=O)c3ccc(OCC=O)cc3)cc2[nH]1. The summed E-state index contributed by atoms with van der Waals surface area (Å²) in [5.41, 5.74) is 2.63. The second-order valence-corrected chi connectivity index (χ2v) is 6.98. The Morgan fingerprint density at radius 3 is 2.89 bits per heavy atom. The molecule has 2 N–H and O–H groups in total. The summed E-state index contributed by atoms with van der Waals surface area (Å²) in [5, 5.41) is 3.86. The lowest BCUT2D eigenvalue weighted by Crippen LogP contribution is -2.17. The number of pyridine rings is 1. The fraction of sp³-hybridized carbons (Fsp3) is 0.286. The van der Waals surface area contributed by atoms with Gasteiger partial charge in [0, 0.05) is 34.9 Å². The van der Waals surface area contributed by atoms with Crippen LogP contribution in [-0.4, -0.2) is 47.3 Å². The fourth-order valence-electron chi connectivity index (χ4n) is 3.62. The van der Waals surface area contributed by atoms with Crippen LogP contribution in [0.2, 0.25) is 0 Å². The van der Waals surface area contributed by atoms with Gasteiger partial charge in [-0.25, -0.2) is 4.98 Å². The van der Waals surface area contributed by atoms with Crippen molar-refractivity contribution in [1.29, 1.82) is 0 Å². The molecule has 0 radical (unpaired) electrons. The third-order valence-electron chi connectivity index (χ3n) is 5.08. The van der Waals surface area contributed by atoms with Gasteiger partial charge in [-0.2, -0.15) is 0 Å². The largest absolute Gasteiger partial charge is 0.486 e. The van der Waals surface area contributed by atoms with Crippen LogP contribution < -0.4 is 10.1 Å². The van der Waals surface area contributed by atoms with Gasteiger partial charge in [0.2, 0.25) is 0 Å². The molecule has 1 aliphatic rings. The quantitative estimate of drug-likeness (QED) is 0.644. The lowest BCUT2D eigenvalue weighted by Gasteiger charge is -2.17. The van der Waals surface area contributed by atoms with Crippen LogP contribution in [0.1, 0.15) is 34.9 Å². The number of aldehydes is 1. The number of fused-ring (bicyclic) bond motifs is 1. The average molecular weight is 378 g/mol. The van der Waals surface area contributed by atoms with Crippen molar-refractivity contribution in [2.75, 3.05) is 25.5 Å². The van der Waals surface area contributed by atoms with Crippen LogP contribution >= 0.6 is 0 Å². The van der Waals surface area contributed by atoms with Crippen LogP contribution in [0, 0.1) is 0 Å². The number of H-pyrrole nitrogens is 1. The molecule has 3 aromatic rings. The Morgan fingerprint density at radius 1 is 1.36 bits per heavy atom. The van der Waals surface area contributed by atoms with Crippen molar-refractivity contribution in [3.05, 3.63) is 53.9 Å². The molecule has 0 unspecified atom stereocenters. The van der Waals surface area contributed by atoms with Crippen molar-refractivity contribution in [3.8, 4) is 5.75 Å². The number of benzene rings is 1. The maximum atomic E-state index is 12.5. The number of carbonyl (C=O) groups is 2. The van der Waals surface area contributed by atoms with Crippen molar-refractivity contribution in [2.24, 2.45) is 0 Å². The van der Waals surface area contributed by atoms with E-state index < -0.39 is 0 Å². The van der Waals surface area contributed by atoms with E-state index in [9.17, 15) is 9.59 Å². The molecule has 28 heavy (non-hydrogen) atoms. The number of nitrogens with zero attached hydrogens (tertiary/aromatic N) is 2. The number of hydrogen-bond acceptors (Lipinski definition) is 5. The van der Waals surface area contributed by atoms with Crippen molar-refractivity contribution in [1.82, 2.24) is 14.9 Å². The van der Waals surface area contributed by atoms with Crippen molar-refractivity contribution >= 4 is 28.9 Å². The zero-order chi connectivity index (χ0) is 19.5. The summed E-state index contributed by atoms with van der Waals surface area (Å²) >= 11 is 0. The third kappa shape index (κ3) is 3.75. The zero-order valence-electron chi connectivity index (χ0n) is 15.6. The number of amides is 1. The molecule has 7 nitrogen and oxygen atoms in total. The molecule has 1 aliphatic heterocycles. The van der Waals surface area contributed by atoms with Crippen LogP contribution in [0.5, 0.6) is 5.75 Å². The highest BCUT2D eigenvalue weighted by atomic mass is 16.5. The maximum Gasteiger partial charge on any atom is 0.256 e. The first-order valence-electron chi connectivity index (χ1n) is 9.31. The Kier molecular flexibility index (Phi) is 5.08. The Labute approximate surface area is 162 Å². The number of ether oxygens (including phenoxy) is 1. The summed E-state index contributed by atoms with van der Waals surface area (Å²) < 4.78 is 5.19. The van der Waals surface area contributed by atoms with E-state index >= 15 is 0 Å². The monoisotopic (exact) mass is 378 g/mol. The summed E-state index contributed by atoms with van der Waals surface area (Å²) in [6.45, 7) is 1.10. The zero-order valence-corrected chi connectivity index (χ0v) is 15.6. The Hall–Kier alpha value is -3.19. The van der Waals surface area contributed by atoms with Gasteiger partial charge in [-0.3, -0.25) is 14.5 Å². The summed E-state index contributed by atoms with van der Waals surface area (Å²) in [4.78, 5) is 33.0. The van der Waals surface area contributed by atoms with Gasteiger partial charge in [0.05, 0.1) is 5.52 Å². The smallest absolute Gasteiger partial charge is 0.256 e. The molecule has 4 rings (SSSR count). The first-order chi connectivity index (χ1) is 13.6. The summed E-state index contributed by atoms with van der Waals surface area (Å²) in [5.74, 6) is 0.780. The first-order valence-corrected chi connectivity index (χ1v) is 9.31. The number of hydrogen-bond donors (Lipinski definition) is 2. The standard InChI is InChI=1S/C21H22N4O3/c1-25-8-2-3-19(25)18-11-15-13-22-20(12-17(15)23-18)24-21(27)14-4-6-16(7-5-14)28-10-9-26/h4-7,9,11-13,19,23H,2-3,8,10H2,1H3,(H,22,24,27)/t19-/m1/s1. The summed E-state index contributed by atoms with van der Waals surface area (Å²) in [7, 11) is 2.14. The number of likely N-dealkylation sites (tertiary alicyclic amines) is 1. The van der Waals surface area contributed by atoms with Gasteiger partial charge < -0.3 is 15.0 Å². The lowest BCUT2D eigenvalue weighted by molar-refractivity contribution is -0.109. The van der Waals surface area contributed by atoms with E-state index in [1.807, 2.05) is 6.07 Å². The van der Waals surface area contributed by atoms with Gasteiger partial charge in [0.15, 0.2) is 6.29 Å². The molecule has 144 valence electrons. The van der Waals surface area contributed by atoms with Crippen LogP contribution in [0.3, 0.4) is 0 Å².